The molecule has 1 aromatic carbocycles. The number of hydrogen-bond donors (Lipinski definition) is 2. The first-order chi connectivity index (χ1) is 8.83. The molecule has 0 amide bonds. The van der Waals surface area contributed by atoms with Gasteiger partial charge in [0.1, 0.15) is 24.0 Å². The molecule has 0 fully saturated rings. The highest BCUT2D eigenvalue weighted by molar-refractivity contribution is 5.31. The van der Waals surface area contributed by atoms with Gasteiger partial charge in [-0.05, 0) is 23.1 Å². The number of phenols is 1. The van der Waals surface area contributed by atoms with Crippen LogP contribution in [0.3, 0.4) is 0 Å². The van der Waals surface area contributed by atoms with Crippen molar-refractivity contribution < 1.29 is 10.2 Å². The highest BCUT2D eigenvalue weighted by atomic mass is 16.3. The quantitative estimate of drug-likeness (QED) is 0.885. The smallest absolute Gasteiger partial charge is 0.137 e. The van der Waals surface area contributed by atoms with Gasteiger partial charge in [0.05, 0.1) is 6.54 Å². The Morgan fingerprint density at radius 2 is 1.79 bits per heavy atom. The number of aromatic hydroxyl groups is 1. The van der Waals surface area contributed by atoms with Gasteiger partial charge in [0.25, 0.3) is 0 Å². The van der Waals surface area contributed by atoms with Crippen LogP contribution in [0.4, 0.5) is 0 Å². The first kappa shape index (κ1) is 13.5. The lowest BCUT2D eigenvalue weighted by molar-refractivity contribution is -0.0804. The molecule has 2 N–H and O–H groups in total. The molecule has 1 atom stereocenters. The second-order valence-electron chi connectivity index (χ2n) is 5.75. The maximum absolute atomic E-state index is 11.1. The Kier molecular flexibility index (Phi) is 3.32. The number of nitrogens with zero attached hydrogens (tertiary/aromatic N) is 3. The summed E-state index contributed by atoms with van der Waals surface area (Å²) in [7, 11) is 0. The van der Waals surface area contributed by atoms with Crippen molar-refractivity contribution in [2.24, 2.45) is 5.41 Å². The Labute approximate surface area is 112 Å². The Morgan fingerprint density at radius 1 is 1.16 bits per heavy atom. The molecule has 19 heavy (non-hydrogen) atoms. The third kappa shape index (κ3) is 2.61. The van der Waals surface area contributed by atoms with Crippen LogP contribution in [0.2, 0.25) is 0 Å². The van der Waals surface area contributed by atoms with Gasteiger partial charge in [-0.1, -0.05) is 32.9 Å². The molecule has 1 aromatic heterocycles. The van der Waals surface area contributed by atoms with Gasteiger partial charge in [-0.25, -0.2) is 9.67 Å². The summed E-state index contributed by atoms with van der Waals surface area (Å²) >= 11 is 0. The minimum absolute atomic E-state index is 0.181. The zero-order valence-corrected chi connectivity index (χ0v) is 11.4. The number of aromatic nitrogens is 3. The van der Waals surface area contributed by atoms with Crippen molar-refractivity contribution in [2.75, 3.05) is 0 Å². The third-order valence-corrected chi connectivity index (χ3v) is 3.44. The van der Waals surface area contributed by atoms with E-state index in [0.29, 0.717) is 6.54 Å². The second kappa shape index (κ2) is 4.66. The van der Waals surface area contributed by atoms with Crippen LogP contribution < -0.4 is 0 Å². The summed E-state index contributed by atoms with van der Waals surface area (Å²) in [4.78, 5) is 3.90. The number of hydrogen-bond acceptors (Lipinski definition) is 4. The fourth-order valence-electron chi connectivity index (χ4n) is 2.05. The maximum atomic E-state index is 11.1. The van der Waals surface area contributed by atoms with Crippen molar-refractivity contribution in [3.63, 3.8) is 0 Å². The number of benzene rings is 1. The molecule has 0 saturated heterocycles. The average Bonchev–Trinajstić information content (AvgIpc) is 2.81. The summed E-state index contributed by atoms with van der Waals surface area (Å²) in [6, 6.07) is 6.62. The van der Waals surface area contributed by atoms with Crippen LogP contribution >= 0.6 is 0 Å². The molecule has 1 heterocycles. The molecule has 5 nitrogen and oxygen atoms in total. The van der Waals surface area contributed by atoms with E-state index in [1.54, 1.807) is 35.3 Å². The number of phenolic OH excluding ortho intramolecular Hbond substituents is 1. The topological polar surface area (TPSA) is 71.2 Å². The van der Waals surface area contributed by atoms with Gasteiger partial charge in [-0.2, -0.15) is 5.10 Å². The first-order valence-electron chi connectivity index (χ1n) is 6.17. The van der Waals surface area contributed by atoms with Crippen LogP contribution in [0, 0.1) is 5.41 Å². The summed E-state index contributed by atoms with van der Waals surface area (Å²) in [5.74, 6) is 0.181. The number of aliphatic hydroxyl groups is 1. The van der Waals surface area contributed by atoms with E-state index in [2.05, 4.69) is 10.1 Å². The van der Waals surface area contributed by atoms with Gasteiger partial charge >= 0.3 is 0 Å². The molecule has 102 valence electrons. The molecule has 0 aliphatic heterocycles. The van der Waals surface area contributed by atoms with Crippen LogP contribution in [-0.4, -0.2) is 25.0 Å². The minimum atomic E-state index is -1.10. The van der Waals surface area contributed by atoms with E-state index in [4.69, 9.17) is 0 Å². The monoisotopic (exact) mass is 261 g/mol. The standard InChI is InChI=1S/C14H19N3O2/c1-13(2,3)14(19,8-17-10-15-9-16-17)11-4-6-12(18)7-5-11/h4-7,9-10,18-19H,8H2,1-3H3. The van der Waals surface area contributed by atoms with Crippen LogP contribution in [0.15, 0.2) is 36.9 Å². The zero-order chi connectivity index (χ0) is 14.1. The third-order valence-electron chi connectivity index (χ3n) is 3.44. The SMILES string of the molecule is CC(C)(C)C(O)(Cn1cncn1)c1ccc(O)cc1. The second-order valence-corrected chi connectivity index (χ2v) is 5.75. The van der Waals surface area contributed by atoms with Crippen molar-refractivity contribution in [3.05, 3.63) is 42.5 Å². The Balaban J connectivity index is 2.43. The van der Waals surface area contributed by atoms with Crippen LogP contribution in [0.1, 0.15) is 26.3 Å². The predicted molar refractivity (Wildman–Crippen MR) is 71.5 cm³/mol. The molecule has 0 aliphatic rings. The largest absolute Gasteiger partial charge is 0.508 e. The molecule has 1 unspecified atom stereocenters. The fraction of sp³-hybridized carbons (Fsp3) is 0.429. The molecule has 0 aliphatic carbocycles. The Hall–Kier alpha value is -1.88. The van der Waals surface area contributed by atoms with Crippen molar-refractivity contribution in [2.45, 2.75) is 32.9 Å². The van der Waals surface area contributed by atoms with Crippen LogP contribution in [-0.2, 0) is 12.1 Å². The van der Waals surface area contributed by atoms with E-state index in [0.717, 1.165) is 5.56 Å². The lowest BCUT2D eigenvalue weighted by Crippen LogP contribution is -2.43. The van der Waals surface area contributed by atoms with Crippen molar-refractivity contribution in [3.8, 4) is 5.75 Å². The molecule has 0 bridgehead atoms. The average molecular weight is 261 g/mol. The lowest BCUT2D eigenvalue weighted by Gasteiger charge is -2.40. The Bertz CT molecular complexity index is 529. The Morgan fingerprint density at radius 3 is 2.26 bits per heavy atom. The molecule has 5 heteroatoms. The zero-order valence-electron chi connectivity index (χ0n) is 11.4. The molecule has 0 saturated carbocycles. The van der Waals surface area contributed by atoms with E-state index in [-0.39, 0.29) is 5.75 Å². The number of rotatable bonds is 3. The van der Waals surface area contributed by atoms with Crippen molar-refractivity contribution in [1.82, 2.24) is 14.8 Å². The van der Waals surface area contributed by atoms with Gasteiger partial charge in [0.2, 0.25) is 0 Å². The molecule has 2 aromatic rings. The normalized spacial score (nSPS) is 15.2. The molecule has 0 spiro atoms. The molecular formula is C14H19N3O2. The summed E-state index contributed by atoms with van der Waals surface area (Å²) in [5, 5.41) is 24.5. The van der Waals surface area contributed by atoms with Crippen molar-refractivity contribution >= 4 is 0 Å². The van der Waals surface area contributed by atoms with Gasteiger partial charge in [-0.3, -0.25) is 0 Å². The molecular weight excluding hydrogens is 242 g/mol. The van der Waals surface area contributed by atoms with Gasteiger partial charge < -0.3 is 10.2 Å². The van der Waals surface area contributed by atoms with E-state index in [1.807, 2.05) is 20.8 Å². The van der Waals surface area contributed by atoms with Gasteiger partial charge in [0, 0.05) is 0 Å². The van der Waals surface area contributed by atoms with Crippen LogP contribution in [0.25, 0.3) is 0 Å². The van der Waals surface area contributed by atoms with E-state index in [9.17, 15) is 10.2 Å². The highest BCUT2D eigenvalue weighted by Crippen LogP contribution is 2.40. The summed E-state index contributed by atoms with van der Waals surface area (Å²) in [5.41, 5.74) is -0.752. The summed E-state index contributed by atoms with van der Waals surface area (Å²) < 4.78 is 1.61. The van der Waals surface area contributed by atoms with E-state index < -0.39 is 11.0 Å². The van der Waals surface area contributed by atoms with Crippen molar-refractivity contribution in [1.29, 1.82) is 0 Å². The van der Waals surface area contributed by atoms with Gasteiger partial charge in [0.15, 0.2) is 0 Å². The van der Waals surface area contributed by atoms with E-state index in [1.165, 1.54) is 6.33 Å². The predicted octanol–water partition coefficient (Wildman–Crippen LogP) is 1.92. The first-order valence-corrected chi connectivity index (χ1v) is 6.17. The maximum Gasteiger partial charge on any atom is 0.137 e. The van der Waals surface area contributed by atoms with E-state index >= 15 is 0 Å². The van der Waals surface area contributed by atoms with Crippen LogP contribution in [0.5, 0.6) is 5.75 Å². The molecule has 0 radical (unpaired) electrons. The fourth-order valence-corrected chi connectivity index (χ4v) is 2.05. The minimum Gasteiger partial charge on any atom is -0.508 e. The highest BCUT2D eigenvalue weighted by Gasteiger charge is 2.42. The summed E-state index contributed by atoms with van der Waals surface area (Å²) in [6.07, 6.45) is 3.02. The van der Waals surface area contributed by atoms with Gasteiger partial charge in [-0.15, -0.1) is 0 Å². The molecule has 2 rings (SSSR count). The summed E-state index contributed by atoms with van der Waals surface area (Å²) in [6.45, 7) is 6.21. The lowest BCUT2D eigenvalue weighted by atomic mass is 9.72.